The van der Waals surface area contributed by atoms with Crippen molar-refractivity contribution in [2.24, 2.45) is 0 Å². The molecule has 0 saturated heterocycles. The highest BCUT2D eigenvalue weighted by atomic mass is 127. The minimum Gasteiger partial charge on any atom is -0.307 e. The third-order valence-corrected chi connectivity index (χ3v) is 6.03. The fraction of sp³-hybridized carbons (Fsp3) is 0.750. The van der Waals surface area contributed by atoms with Gasteiger partial charge in [-0.1, -0.05) is 32.6 Å². The predicted octanol–water partition coefficient (Wildman–Crippen LogP) is 5.68. The number of unbranched alkanes of at least 4 members (excludes halogenated alkanes) is 3. The number of aryl methyl sites for hydroxylation is 1. The molecule has 3 heteroatoms. The Kier molecular flexibility index (Phi) is 6.63. The van der Waals surface area contributed by atoms with Crippen molar-refractivity contribution in [1.29, 1.82) is 0 Å². The van der Waals surface area contributed by atoms with Crippen LogP contribution in [0.1, 0.15) is 75.3 Å². The minimum absolute atomic E-state index is 0.615. The summed E-state index contributed by atoms with van der Waals surface area (Å²) in [4.78, 5) is 1.63. The molecule has 2 unspecified atom stereocenters. The maximum atomic E-state index is 3.87. The van der Waals surface area contributed by atoms with E-state index in [2.05, 4.69) is 47.8 Å². The Balaban J connectivity index is 1.82. The summed E-state index contributed by atoms with van der Waals surface area (Å²) < 4.78 is 1.45. The third kappa shape index (κ3) is 4.71. The summed E-state index contributed by atoms with van der Waals surface area (Å²) in [5.74, 6) is 0. The Morgan fingerprint density at radius 2 is 2.26 bits per heavy atom. The van der Waals surface area contributed by atoms with Crippen LogP contribution in [0.3, 0.4) is 0 Å². The molecule has 1 N–H and O–H groups in total. The van der Waals surface area contributed by atoms with E-state index in [-0.39, 0.29) is 0 Å². The normalized spacial score (nSPS) is 20.3. The number of thiophene rings is 1. The van der Waals surface area contributed by atoms with Crippen LogP contribution in [0, 0.1) is 2.88 Å². The lowest BCUT2D eigenvalue weighted by Gasteiger charge is -2.27. The van der Waals surface area contributed by atoms with Crippen molar-refractivity contribution in [3.8, 4) is 0 Å². The number of nitrogens with one attached hydrogen (secondary N) is 1. The van der Waals surface area contributed by atoms with E-state index in [1.807, 2.05) is 11.3 Å². The summed E-state index contributed by atoms with van der Waals surface area (Å²) in [6, 6.07) is 3.68. The van der Waals surface area contributed by atoms with Gasteiger partial charge < -0.3 is 5.32 Å². The van der Waals surface area contributed by atoms with Gasteiger partial charge in [-0.3, -0.25) is 0 Å². The second kappa shape index (κ2) is 7.99. The predicted molar refractivity (Wildman–Crippen MR) is 94.1 cm³/mol. The molecule has 0 aliphatic heterocycles. The number of fused-ring (bicyclic) bond motifs is 1. The topological polar surface area (TPSA) is 12.0 Å². The van der Waals surface area contributed by atoms with Crippen LogP contribution in [0.4, 0.5) is 0 Å². The van der Waals surface area contributed by atoms with E-state index >= 15 is 0 Å². The average molecular weight is 391 g/mol. The standard InChI is InChI=1S/C16H26INS/c1-3-4-5-6-8-12(2)18-14-9-7-10-15-13(14)11-16(17)19-15/h11-12,14,18H,3-10H2,1-2H3. The van der Waals surface area contributed by atoms with Gasteiger partial charge in [0.05, 0.1) is 2.88 Å². The summed E-state index contributed by atoms with van der Waals surface area (Å²) in [5, 5.41) is 3.87. The molecule has 1 aliphatic carbocycles. The van der Waals surface area contributed by atoms with E-state index in [0.29, 0.717) is 12.1 Å². The fourth-order valence-electron chi connectivity index (χ4n) is 3.00. The monoisotopic (exact) mass is 391 g/mol. The van der Waals surface area contributed by atoms with Gasteiger partial charge in [-0.2, -0.15) is 0 Å². The van der Waals surface area contributed by atoms with Crippen molar-refractivity contribution in [3.05, 3.63) is 19.4 Å². The number of halogens is 1. The van der Waals surface area contributed by atoms with Gasteiger partial charge in [-0.05, 0) is 66.8 Å². The Morgan fingerprint density at radius 3 is 3.05 bits per heavy atom. The molecule has 19 heavy (non-hydrogen) atoms. The molecule has 0 bridgehead atoms. The molecule has 1 aromatic rings. The summed E-state index contributed by atoms with van der Waals surface area (Å²) in [6.07, 6.45) is 10.8. The zero-order valence-electron chi connectivity index (χ0n) is 12.2. The smallest absolute Gasteiger partial charge is 0.0659 e. The number of rotatable bonds is 7. The lowest BCUT2D eigenvalue weighted by molar-refractivity contribution is 0.388. The second-order valence-electron chi connectivity index (χ2n) is 5.79. The van der Waals surface area contributed by atoms with Crippen molar-refractivity contribution in [1.82, 2.24) is 5.32 Å². The van der Waals surface area contributed by atoms with Crippen LogP contribution in [-0.4, -0.2) is 6.04 Å². The maximum absolute atomic E-state index is 3.87. The molecule has 0 aromatic carbocycles. The van der Waals surface area contributed by atoms with E-state index < -0.39 is 0 Å². The average Bonchev–Trinajstić information content (AvgIpc) is 2.76. The van der Waals surface area contributed by atoms with Crippen molar-refractivity contribution in [2.45, 2.75) is 77.3 Å². The van der Waals surface area contributed by atoms with Gasteiger partial charge in [0.15, 0.2) is 0 Å². The summed E-state index contributed by atoms with van der Waals surface area (Å²) >= 11 is 4.46. The van der Waals surface area contributed by atoms with Gasteiger partial charge in [-0.25, -0.2) is 0 Å². The van der Waals surface area contributed by atoms with Crippen molar-refractivity contribution in [3.63, 3.8) is 0 Å². The van der Waals surface area contributed by atoms with Crippen LogP contribution in [0.2, 0.25) is 0 Å². The van der Waals surface area contributed by atoms with Gasteiger partial charge >= 0.3 is 0 Å². The molecule has 0 saturated carbocycles. The Hall–Kier alpha value is 0.390. The molecule has 1 nitrogen and oxygen atoms in total. The molecular weight excluding hydrogens is 365 g/mol. The van der Waals surface area contributed by atoms with E-state index in [4.69, 9.17) is 0 Å². The van der Waals surface area contributed by atoms with Crippen molar-refractivity contribution in [2.75, 3.05) is 0 Å². The van der Waals surface area contributed by atoms with E-state index in [1.165, 1.54) is 54.3 Å². The van der Waals surface area contributed by atoms with Gasteiger partial charge in [0.25, 0.3) is 0 Å². The fourth-order valence-corrected chi connectivity index (χ4v) is 5.12. The van der Waals surface area contributed by atoms with Gasteiger partial charge in [-0.15, -0.1) is 11.3 Å². The summed E-state index contributed by atoms with van der Waals surface area (Å²) in [5.41, 5.74) is 1.60. The summed E-state index contributed by atoms with van der Waals surface area (Å²) in [7, 11) is 0. The van der Waals surface area contributed by atoms with Crippen LogP contribution in [0.15, 0.2) is 6.07 Å². The first-order valence-electron chi connectivity index (χ1n) is 7.75. The molecule has 108 valence electrons. The zero-order chi connectivity index (χ0) is 13.7. The molecule has 0 amide bonds. The third-order valence-electron chi connectivity index (χ3n) is 4.06. The second-order valence-corrected chi connectivity index (χ2v) is 8.82. The molecular formula is C16H26INS. The first-order chi connectivity index (χ1) is 9.20. The van der Waals surface area contributed by atoms with Crippen LogP contribution in [0.25, 0.3) is 0 Å². The summed E-state index contributed by atoms with van der Waals surface area (Å²) in [6.45, 7) is 4.64. The SMILES string of the molecule is CCCCCCC(C)NC1CCCc2sc(I)cc21. The van der Waals surface area contributed by atoms with Crippen LogP contribution >= 0.6 is 33.9 Å². The molecule has 1 aromatic heterocycles. The van der Waals surface area contributed by atoms with E-state index in [9.17, 15) is 0 Å². The largest absolute Gasteiger partial charge is 0.307 e. The molecule has 2 rings (SSSR count). The van der Waals surface area contributed by atoms with Crippen LogP contribution in [-0.2, 0) is 6.42 Å². The molecule has 1 aliphatic rings. The Morgan fingerprint density at radius 1 is 1.42 bits per heavy atom. The van der Waals surface area contributed by atoms with Crippen molar-refractivity contribution >= 4 is 33.9 Å². The van der Waals surface area contributed by atoms with Crippen molar-refractivity contribution < 1.29 is 0 Å². The van der Waals surface area contributed by atoms with Gasteiger partial charge in [0, 0.05) is 17.0 Å². The number of hydrogen-bond acceptors (Lipinski definition) is 2. The van der Waals surface area contributed by atoms with E-state index in [0.717, 1.165) is 0 Å². The van der Waals surface area contributed by atoms with E-state index in [1.54, 1.807) is 10.4 Å². The van der Waals surface area contributed by atoms with Crippen LogP contribution < -0.4 is 5.32 Å². The van der Waals surface area contributed by atoms with Gasteiger partial charge in [0.2, 0.25) is 0 Å². The van der Waals surface area contributed by atoms with Gasteiger partial charge in [0.1, 0.15) is 0 Å². The molecule has 2 atom stereocenters. The zero-order valence-corrected chi connectivity index (χ0v) is 15.1. The highest BCUT2D eigenvalue weighted by molar-refractivity contribution is 14.1. The molecule has 0 radical (unpaired) electrons. The number of hydrogen-bond donors (Lipinski definition) is 1. The van der Waals surface area contributed by atoms with Crippen LogP contribution in [0.5, 0.6) is 0 Å². The molecule has 0 fully saturated rings. The highest BCUT2D eigenvalue weighted by Crippen LogP contribution is 2.36. The molecule has 0 spiro atoms. The first kappa shape index (κ1) is 15.8. The Bertz CT molecular complexity index is 388. The molecule has 1 heterocycles. The lowest BCUT2D eigenvalue weighted by atomic mass is 9.93. The first-order valence-corrected chi connectivity index (χ1v) is 9.64. The lowest BCUT2D eigenvalue weighted by Crippen LogP contribution is -2.32. The highest BCUT2D eigenvalue weighted by Gasteiger charge is 2.23. The maximum Gasteiger partial charge on any atom is 0.0659 e. The quantitative estimate of drug-likeness (QED) is 0.466. The Labute approximate surface area is 135 Å². The minimum atomic E-state index is 0.615.